The minimum Gasteiger partial charge on any atom is -0.454 e. The first-order valence-electron chi connectivity index (χ1n) is 4.69. The van der Waals surface area contributed by atoms with Crippen LogP contribution >= 0.6 is 0 Å². The maximum atomic E-state index is 10.8. The second-order valence-corrected chi connectivity index (χ2v) is 3.50. The maximum absolute atomic E-state index is 10.8. The highest BCUT2D eigenvalue weighted by molar-refractivity contribution is 5.66. The van der Waals surface area contributed by atoms with Gasteiger partial charge in [-0.1, -0.05) is 0 Å². The smallest absolute Gasteiger partial charge is 0.303 e. The van der Waals surface area contributed by atoms with Crippen LogP contribution in [0.3, 0.4) is 0 Å². The average molecular weight is 220 g/mol. The van der Waals surface area contributed by atoms with Gasteiger partial charge < -0.3 is 24.4 Å². The number of aliphatic hydroxyl groups is 2. The lowest BCUT2D eigenvalue weighted by Gasteiger charge is -2.40. The van der Waals surface area contributed by atoms with Gasteiger partial charge in [0.2, 0.25) is 0 Å². The quantitative estimate of drug-likeness (QED) is 0.582. The van der Waals surface area contributed by atoms with Crippen LogP contribution in [0.5, 0.6) is 0 Å². The molecule has 1 aliphatic rings. The molecule has 88 valence electrons. The molecular weight excluding hydrogens is 204 g/mol. The van der Waals surface area contributed by atoms with Crippen molar-refractivity contribution in [3.63, 3.8) is 0 Å². The van der Waals surface area contributed by atoms with Crippen LogP contribution in [0.1, 0.15) is 13.8 Å². The third kappa shape index (κ3) is 2.66. The molecule has 0 aromatic rings. The highest BCUT2D eigenvalue weighted by Crippen LogP contribution is 2.24. The fourth-order valence-corrected chi connectivity index (χ4v) is 1.59. The van der Waals surface area contributed by atoms with E-state index in [1.807, 2.05) is 0 Å². The minimum atomic E-state index is -1.28. The van der Waals surface area contributed by atoms with Crippen molar-refractivity contribution in [2.75, 3.05) is 7.11 Å². The Kier molecular flexibility index (Phi) is 4.04. The van der Waals surface area contributed by atoms with Crippen LogP contribution in [-0.4, -0.2) is 54.0 Å². The summed E-state index contributed by atoms with van der Waals surface area (Å²) in [4.78, 5) is 10.8. The average Bonchev–Trinajstić information content (AvgIpc) is 2.14. The molecule has 1 aliphatic heterocycles. The van der Waals surface area contributed by atoms with E-state index in [0.29, 0.717) is 0 Å². The fourth-order valence-electron chi connectivity index (χ4n) is 1.59. The number of carbonyl (C=O) groups excluding carboxylic acids is 1. The summed E-state index contributed by atoms with van der Waals surface area (Å²) in [5, 5.41) is 19.2. The van der Waals surface area contributed by atoms with E-state index in [1.54, 1.807) is 6.92 Å². The zero-order chi connectivity index (χ0) is 11.6. The lowest BCUT2D eigenvalue weighted by Crippen LogP contribution is -2.58. The Morgan fingerprint density at radius 2 is 1.93 bits per heavy atom. The third-order valence-electron chi connectivity index (χ3n) is 2.35. The third-order valence-corrected chi connectivity index (χ3v) is 2.35. The molecule has 0 unspecified atom stereocenters. The van der Waals surface area contributed by atoms with Crippen LogP contribution in [0.15, 0.2) is 0 Å². The second-order valence-electron chi connectivity index (χ2n) is 3.50. The molecule has 2 N–H and O–H groups in total. The summed E-state index contributed by atoms with van der Waals surface area (Å²) >= 11 is 0. The molecule has 1 rings (SSSR count). The van der Waals surface area contributed by atoms with Gasteiger partial charge in [-0.15, -0.1) is 0 Å². The summed E-state index contributed by atoms with van der Waals surface area (Å²) in [5.41, 5.74) is 0. The molecule has 6 nitrogen and oxygen atoms in total. The van der Waals surface area contributed by atoms with Crippen LogP contribution in [0, 0.1) is 0 Å². The van der Waals surface area contributed by atoms with E-state index in [1.165, 1.54) is 14.0 Å². The molecule has 5 atom stereocenters. The van der Waals surface area contributed by atoms with Gasteiger partial charge in [0.05, 0.1) is 6.10 Å². The predicted molar refractivity (Wildman–Crippen MR) is 48.9 cm³/mol. The molecule has 0 amide bonds. The molecule has 1 fully saturated rings. The zero-order valence-corrected chi connectivity index (χ0v) is 8.91. The van der Waals surface area contributed by atoms with Crippen molar-refractivity contribution in [1.29, 1.82) is 0 Å². The van der Waals surface area contributed by atoms with Crippen LogP contribution < -0.4 is 0 Å². The molecule has 15 heavy (non-hydrogen) atoms. The molecule has 0 aromatic carbocycles. The van der Waals surface area contributed by atoms with Crippen molar-refractivity contribution in [2.45, 2.75) is 44.6 Å². The van der Waals surface area contributed by atoms with Crippen molar-refractivity contribution in [3.05, 3.63) is 0 Å². The van der Waals surface area contributed by atoms with Gasteiger partial charge in [0, 0.05) is 14.0 Å². The number of rotatable bonds is 2. The Labute approximate surface area is 87.7 Å². The van der Waals surface area contributed by atoms with Crippen LogP contribution in [0.25, 0.3) is 0 Å². The highest BCUT2D eigenvalue weighted by Gasteiger charge is 2.45. The second kappa shape index (κ2) is 4.89. The Balaban J connectivity index is 2.76. The topological polar surface area (TPSA) is 85.2 Å². The summed E-state index contributed by atoms with van der Waals surface area (Å²) in [5.74, 6) is -0.563. The number of aliphatic hydroxyl groups excluding tert-OH is 2. The van der Waals surface area contributed by atoms with Gasteiger partial charge in [0.25, 0.3) is 0 Å². The van der Waals surface area contributed by atoms with Gasteiger partial charge in [-0.2, -0.15) is 0 Å². The molecule has 6 heteroatoms. The number of carbonyl (C=O) groups is 1. The van der Waals surface area contributed by atoms with Crippen LogP contribution in [0.2, 0.25) is 0 Å². The maximum Gasteiger partial charge on any atom is 0.303 e. The van der Waals surface area contributed by atoms with Gasteiger partial charge in [-0.3, -0.25) is 4.79 Å². The monoisotopic (exact) mass is 220 g/mol. The summed E-state index contributed by atoms with van der Waals surface area (Å²) < 4.78 is 14.8. The van der Waals surface area contributed by atoms with E-state index in [0.717, 1.165) is 0 Å². The van der Waals surface area contributed by atoms with E-state index in [2.05, 4.69) is 0 Å². The van der Waals surface area contributed by atoms with Crippen molar-refractivity contribution >= 4 is 5.97 Å². The van der Waals surface area contributed by atoms with E-state index < -0.39 is 36.7 Å². The molecule has 0 saturated carbocycles. The first kappa shape index (κ1) is 12.4. The standard InChI is InChI=1S/C9H16O6/c1-4-6(11)7(13-3)8(9(12)14-4)15-5(2)10/h4,6-9,11-12H,1-3H3/t4-,6-,7+,8+,9+/m0/s1. The zero-order valence-electron chi connectivity index (χ0n) is 8.91. The number of esters is 1. The molecule has 1 heterocycles. The van der Waals surface area contributed by atoms with Crippen molar-refractivity contribution < 1.29 is 29.2 Å². The number of hydrogen-bond donors (Lipinski definition) is 2. The summed E-state index contributed by atoms with van der Waals surface area (Å²) in [6.07, 6.45) is -4.58. The molecule has 1 saturated heterocycles. The number of ether oxygens (including phenoxy) is 3. The Morgan fingerprint density at radius 3 is 2.40 bits per heavy atom. The Bertz CT molecular complexity index is 231. The SMILES string of the molecule is CO[C@@H]1[C@@H](O)[C@H](C)O[C@@H](O)[C@@H]1OC(C)=O. The lowest BCUT2D eigenvalue weighted by atomic mass is 9.99. The number of hydrogen-bond acceptors (Lipinski definition) is 6. The fraction of sp³-hybridized carbons (Fsp3) is 0.889. The van der Waals surface area contributed by atoms with Crippen molar-refractivity contribution in [1.82, 2.24) is 0 Å². The highest BCUT2D eigenvalue weighted by atomic mass is 16.7. The molecule has 0 aromatic heterocycles. The van der Waals surface area contributed by atoms with E-state index in [9.17, 15) is 15.0 Å². The summed E-state index contributed by atoms with van der Waals surface area (Å²) in [7, 11) is 1.37. The van der Waals surface area contributed by atoms with E-state index in [-0.39, 0.29) is 0 Å². The molecule has 0 radical (unpaired) electrons. The first-order valence-corrected chi connectivity index (χ1v) is 4.69. The van der Waals surface area contributed by atoms with Gasteiger partial charge in [0.1, 0.15) is 12.2 Å². The predicted octanol–water partition coefficient (Wildman–Crippen LogP) is -0.969. The number of methoxy groups -OCH3 is 1. The Morgan fingerprint density at radius 1 is 1.33 bits per heavy atom. The van der Waals surface area contributed by atoms with Gasteiger partial charge in [-0.25, -0.2) is 0 Å². The Hall–Kier alpha value is -0.690. The van der Waals surface area contributed by atoms with Crippen molar-refractivity contribution in [2.24, 2.45) is 0 Å². The molecular formula is C9H16O6. The van der Waals surface area contributed by atoms with Crippen LogP contribution in [-0.2, 0) is 19.0 Å². The van der Waals surface area contributed by atoms with Crippen molar-refractivity contribution in [3.8, 4) is 0 Å². The normalized spacial score (nSPS) is 41.3. The first-order chi connectivity index (χ1) is 6.97. The van der Waals surface area contributed by atoms with Gasteiger partial charge in [0.15, 0.2) is 12.4 Å². The van der Waals surface area contributed by atoms with Gasteiger partial charge in [-0.05, 0) is 6.92 Å². The summed E-state index contributed by atoms with van der Waals surface area (Å²) in [6, 6.07) is 0. The van der Waals surface area contributed by atoms with Gasteiger partial charge >= 0.3 is 5.97 Å². The lowest BCUT2D eigenvalue weighted by molar-refractivity contribution is -0.286. The van der Waals surface area contributed by atoms with E-state index in [4.69, 9.17) is 14.2 Å². The van der Waals surface area contributed by atoms with Crippen LogP contribution in [0.4, 0.5) is 0 Å². The molecule has 0 aliphatic carbocycles. The summed E-state index contributed by atoms with van der Waals surface area (Å²) in [6.45, 7) is 2.81. The minimum absolute atomic E-state index is 0.563. The van der Waals surface area contributed by atoms with E-state index >= 15 is 0 Å². The largest absolute Gasteiger partial charge is 0.454 e. The molecule has 0 spiro atoms. The molecule has 0 bridgehead atoms.